The molecule has 11 heteroatoms. The topological polar surface area (TPSA) is 9.23 Å². The molecule has 0 aliphatic heterocycles. The van der Waals surface area contributed by atoms with Crippen LogP contribution in [-0.4, -0.2) is 7.11 Å². The largest absolute Gasteiger partial charge is 0.497 e. The summed E-state index contributed by atoms with van der Waals surface area (Å²) in [6, 6.07) is 6.22. The average Bonchev–Trinajstić information content (AvgIpc) is 2.92. The van der Waals surface area contributed by atoms with E-state index in [2.05, 4.69) is 0 Å². The molecule has 5 aromatic carbocycles. The molecule has 0 spiro atoms. The maximum absolute atomic E-state index is 15.4. The molecule has 0 aromatic heterocycles. The van der Waals surface area contributed by atoms with Crippen molar-refractivity contribution in [3.63, 3.8) is 0 Å². The summed E-state index contributed by atoms with van der Waals surface area (Å²) in [5, 5.41) is -4.89. The van der Waals surface area contributed by atoms with Gasteiger partial charge in [0, 0.05) is 32.7 Å². The third-order valence-corrected chi connectivity index (χ3v) is 6.12. The molecule has 0 atom stereocenters. The van der Waals surface area contributed by atoms with E-state index in [1.54, 1.807) is 0 Å². The fraction of sp³-hybridized carbons (Fsp3) is 0.0370. The van der Waals surface area contributed by atoms with Gasteiger partial charge in [-0.15, -0.1) is 0 Å². The number of ether oxygens (including phenoxy) is 1. The van der Waals surface area contributed by atoms with E-state index in [1.807, 2.05) is 0 Å². The summed E-state index contributed by atoms with van der Waals surface area (Å²) >= 11 is 0. The highest BCUT2D eigenvalue weighted by Crippen LogP contribution is 2.49. The second-order valence-electron chi connectivity index (χ2n) is 8.12. The second-order valence-corrected chi connectivity index (χ2v) is 8.12. The van der Waals surface area contributed by atoms with Crippen molar-refractivity contribution in [3.05, 3.63) is 101 Å². The van der Waals surface area contributed by atoms with E-state index < -0.39 is 96.4 Å². The number of hydrogen-bond acceptors (Lipinski definition) is 1. The van der Waals surface area contributed by atoms with Crippen molar-refractivity contribution in [2.24, 2.45) is 0 Å². The first-order valence-corrected chi connectivity index (χ1v) is 10.6. The Morgan fingerprint density at radius 1 is 0.421 bits per heavy atom. The van der Waals surface area contributed by atoms with Gasteiger partial charge >= 0.3 is 0 Å². The Balaban J connectivity index is 2.19. The Morgan fingerprint density at radius 2 is 0.789 bits per heavy atom. The zero-order valence-corrected chi connectivity index (χ0v) is 18.7. The lowest BCUT2D eigenvalue weighted by atomic mass is 9.84. The molecule has 0 aliphatic rings. The molecule has 0 unspecified atom stereocenters. The maximum Gasteiger partial charge on any atom is 0.198 e. The van der Waals surface area contributed by atoms with Crippen molar-refractivity contribution in [1.29, 1.82) is 0 Å². The molecule has 5 aromatic rings. The van der Waals surface area contributed by atoms with Crippen LogP contribution in [0.1, 0.15) is 0 Å². The van der Waals surface area contributed by atoms with Crippen LogP contribution < -0.4 is 4.74 Å². The predicted molar refractivity (Wildman–Crippen MR) is 118 cm³/mol. The lowest BCUT2D eigenvalue weighted by Gasteiger charge is -2.20. The predicted octanol–water partition coefficient (Wildman–Crippen LogP) is 8.73. The van der Waals surface area contributed by atoms with Gasteiger partial charge in [0.15, 0.2) is 58.2 Å². The van der Waals surface area contributed by atoms with Gasteiger partial charge in [-0.2, -0.15) is 0 Å². The Morgan fingerprint density at radius 3 is 1.16 bits per heavy atom. The van der Waals surface area contributed by atoms with Gasteiger partial charge in [0.25, 0.3) is 0 Å². The molecule has 38 heavy (non-hydrogen) atoms. The number of halogens is 10. The van der Waals surface area contributed by atoms with Crippen molar-refractivity contribution >= 4 is 21.5 Å². The summed E-state index contributed by atoms with van der Waals surface area (Å²) in [5.41, 5.74) is -2.92. The third-order valence-electron chi connectivity index (χ3n) is 6.12. The van der Waals surface area contributed by atoms with E-state index in [0.717, 1.165) is 12.1 Å². The molecule has 1 nitrogen and oxygen atoms in total. The summed E-state index contributed by atoms with van der Waals surface area (Å²) in [4.78, 5) is 0. The molecular weight excluding hydrogens is 530 g/mol. The summed E-state index contributed by atoms with van der Waals surface area (Å²) < 4.78 is 152. The van der Waals surface area contributed by atoms with E-state index in [1.165, 1.54) is 19.2 Å². The Bertz CT molecular complexity index is 1720. The van der Waals surface area contributed by atoms with Gasteiger partial charge in [0.2, 0.25) is 0 Å². The summed E-state index contributed by atoms with van der Waals surface area (Å²) in [6.45, 7) is 0. The highest BCUT2D eigenvalue weighted by molar-refractivity contribution is 6.22. The fourth-order valence-corrected chi connectivity index (χ4v) is 4.44. The lowest BCUT2D eigenvalue weighted by molar-refractivity contribution is 0.415. The van der Waals surface area contributed by atoms with E-state index in [4.69, 9.17) is 4.74 Å². The normalized spacial score (nSPS) is 11.6. The van der Waals surface area contributed by atoms with Crippen LogP contribution in [0.25, 0.3) is 43.8 Å². The van der Waals surface area contributed by atoms with Gasteiger partial charge < -0.3 is 4.74 Å². The quantitative estimate of drug-likeness (QED) is 0.0963. The highest BCUT2D eigenvalue weighted by Gasteiger charge is 2.33. The van der Waals surface area contributed by atoms with Crippen molar-refractivity contribution in [2.45, 2.75) is 0 Å². The van der Waals surface area contributed by atoms with Gasteiger partial charge in [-0.25, -0.2) is 43.9 Å². The molecule has 0 fully saturated rings. The average molecular weight is 540 g/mol. The van der Waals surface area contributed by atoms with Crippen LogP contribution in [0.5, 0.6) is 5.75 Å². The zero-order valence-electron chi connectivity index (χ0n) is 18.7. The van der Waals surface area contributed by atoms with Gasteiger partial charge in [-0.05, 0) is 35.4 Å². The van der Waals surface area contributed by atoms with Crippen LogP contribution in [0.4, 0.5) is 43.9 Å². The first-order chi connectivity index (χ1) is 18.0. The molecule has 194 valence electrons. The van der Waals surface area contributed by atoms with Crippen molar-refractivity contribution in [3.8, 4) is 28.0 Å². The first-order valence-electron chi connectivity index (χ1n) is 10.6. The van der Waals surface area contributed by atoms with Gasteiger partial charge in [-0.1, -0.05) is 18.2 Å². The number of fused-ring (bicyclic) bond motifs is 2. The standard InChI is InChI=1S/C27H10F10O/c1-38-11-5-2-9(3-6-11)14-16-18(22(32)26(36)24(34)20(16)30)15(10-4-7-12(28)13(29)8-10)19-17(14)21(31)25(35)27(37)23(19)33/h2-8H,1H3. The van der Waals surface area contributed by atoms with Crippen LogP contribution in [0.15, 0.2) is 42.5 Å². The van der Waals surface area contributed by atoms with Crippen molar-refractivity contribution in [2.75, 3.05) is 7.11 Å². The highest BCUT2D eigenvalue weighted by atomic mass is 19.2. The van der Waals surface area contributed by atoms with Crippen LogP contribution in [0.2, 0.25) is 0 Å². The molecule has 0 amide bonds. The second kappa shape index (κ2) is 8.93. The molecule has 0 saturated carbocycles. The minimum Gasteiger partial charge on any atom is -0.497 e. The molecule has 0 saturated heterocycles. The first kappa shape index (κ1) is 25.4. The van der Waals surface area contributed by atoms with E-state index in [9.17, 15) is 26.3 Å². The monoisotopic (exact) mass is 540 g/mol. The van der Waals surface area contributed by atoms with E-state index >= 15 is 17.6 Å². The molecule has 0 heterocycles. The molecular formula is C27H10F10O. The minimum atomic E-state index is -2.37. The number of benzene rings is 5. The minimum absolute atomic E-state index is 0.202. The van der Waals surface area contributed by atoms with Crippen LogP contribution in [0.3, 0.4) is 0 Å². The molecule has 0 radical (unpaired) electrons. The number of hydrogen-bond donors (Lipinski definition) is 0. The Labute approximate surface area is 206 Å². The van der Waals surface area contributed by atoms with Crippen LogP contribution in [0, 0.1) is 58.2 Å². The van der Waals surface area contributed by atoms with Crippen LogP contribution >= 0.6 is 0 Å². The van der Waals surface area contributed by atoms with Crippen molar-refractivity contribution in [1.82, 2.24) is 0 Å². The van der Waals surface area contributed by atoms with Crippen LogP contribution in [-0.2, 0) is 0 Å². The smallest absolute Gasteiger partial charge is 0.198 e. The third kappa shape index (κ3) is 3.48. The Hall–Kier alpha value is -4.28. The summed E-state index contributed by atoms with van der Waals surface area (Å²) in [7, 11) is 1.27. The van der Waals surface area contributed by atoms with Crippen molar-refractivity contribution < 1.29 is 48.6 Å². The number of methoxy groups -OCH3 is 1. The number of rotatable bonds is 3. The van der Waals surface area contributed by atoms with E-state index in [0.29, 0.717) is 18.2 Å². The van der Waals surface area contributed by atoms with Gasteiger partial charge in [0.1, 0.15) is 5.75 Å². The van der Waals surface area contributed by atoms with E-state index in [-0.39, 0.29) is 11.3 Å². The summed E-state index contributed by atoms with van der Waals surface area (Å²) in [6.07, 6.45) is 0. The molecule has 0 aliphatic carbocycles. The van der Waals surface area contributed by atoms with Gasteiger partial charge in [0.05, 0.1) is 7.11 Å². The lowest BCUT2D eigenvalue weighted by Crippen LogP contribution is -2.07. The maximum atomic E-state index is 15.4. The fourth-order valence-electron chi connectivity index (χ4n) is 4.44. The molecule has 5 rings (SSSR count). The molecule has 0 N–H and O–H groups in total. The molecule has 0 bridgehead atoms. The van der Waals surface area contributed by atoms with Gasteiger partial charge in [-0.3, -0.25) is 0 Å². The SMILES string of the molecule is COc1ccc(-c2c3c(F)c(F)c(F)c(F)c3c(-c3ccc(F)c(F)c3)c3c(F)c(F)c(F)c(F)c23)cc1. The Kier molecular flexibility index (Phi) is 5.96. The summed E-state index contributed by atoms with van der Waals surface area (Å²) in [5.74, 6) is -20.7. The zero-order chi connectivity index (χ0) is 27.6.